The van der Waals surface area contributed by atoms with Gasteiger partial charge in [0.25, 0.3) is 0 Å². The fourth-order valence-electron chi connectivity index (χ4n) is 3.28. The average Bonchev–Trinajstić information content (AvgIpc) is 2.65. The van der Waals surface area contributed by atoms with E-state index in [2.05, 4.69) is 92.8 Å². The van der Waals surface area contributed by atoms with Crippen LogP contribution in [0.1, 0.15) is 44.2 Å². The zero-order valence-corrected chi connectivity index (χ0v) is 15.4. The fourth-order valence-corrected chi connectivity index (χ4v) is 3.28. The van der Waals surface area contributed by atoms with Crippen LogP contribution in [0.2, 0.25) is 0 Å². The van der Waals surface area contributed by atoms with Gasteiger partial charge >= 0.3 is 0 Å². The van der Waals surface area contributed by atoms with E-state index in [4.69, 9.17) is 0 Å². The van der Waals surface area contributed by atoms with Crippen LogP contribution in [0, 0.1) is 0 Å². The van der Waals surface area contributed by atoms with Crippen molar-refractivity contribution in [1.29, 1.82) is 0 Å². The van der Waals surface area contributed by atoms with Crippen LogP contribution >= 0.6 is 0 Å². The van der Waals surface area contributed by atoms with Crippen molar-refractivity contribution in [2.24, 2.45) is 0 Å². The monoisotopic (exact) mass is 326 g/mol. The number of allylic oxidation sites excluding steroid dienone is 10. The van der Waals surface area contributed by atoms with Gasteiger partial charge in [0.05, 0.1) is 0 Å². The number of rotatable bonds is 4. The molecule has 25 heavy (non-hydrogen) atoms. The summed E-state index contributed by atoms with van der Waals surface area (Å²) in [6.07, 6.45) is 18.5. The van der Waals surface area contributed by atoms with Crippen molar-refractivity contribution >= 4 is 16.3 Å². The first-order valence-electron chi connectivity index (χ1n) is 9.06. The second-order valence-electron chi connectivity index (χ2n) is 6.60. The zero-order valence-electron chi connectivity index (χ0n) is 15.4. The first kappa shape index (κ1) is 17.2. The van der Waals surface area contributed by atoms with Crippen LogP contribution in [0.3, 0.4) is 0 Å². The number of hydrogen-bond acceptors (Lipinski definition) is 0. The summed E-state index contributed by atoms with van der Waals surface area (Å²) in [5.74, 6) is 0.502. The largest absolute Gasteiger partial charge is 0.0877 e. The normalized spacial score (nSPS) is 18.4. The fraction of sp³-hybridized carbons (Fsp3) is 0.200. The minimum atomic E-state index is 0.502. The maximum atomic E-state index is 2.34. The molecule has 0 amide bonds. The summed E-state index contributed by atoms with van der Waals surface area (Å²) < 4.78 is 0. The Morgan fingerprint density at radius 1 is 1.00 bits per heavy atom. The van der Waals surface area contributed by atoms with Crippen LogP contribution in [0.5, 0.6) is 0 Å². The molecule has 2 aromatic rings. The molecule has 0 radical (unpaired) electrons. The van der Waals surface area contributed by atoms with Crippen LogP contribution < -0.4 is 0 Å². The molecule has 0 N–H and O–H groups in total. The molecule has 0 spiro atoms. The molecular weight excluding hydrogens is 300 g/mol. The lowest BCUT2D eigenvalue weighted by Gasteiger charge is -2.16. The molecule has 3 rings (SSSR count). The maximum Gasteiger partial charge on any atom is 0.00561 e. The summed E-state index contributed by atoms with van der Waals surface area (Å²) in [6.45, 7) is 6.29. The number of benzene rings is 2. The highest BCUT2D eigenvalue weighted by Crippen LogP contribution is 2.30. The Kier molecular flexibility index (Phi) is 5.50. The van der Waals surface area contributed by atoms with Gasteiger partial charge in [0.15, 0.2) is 0 Å². The van der Waals surface area contributed by atoms with Gasteiger partial charge in [-0.05, 0) is 60.7 Å². The first-order valence-corrected chi connectivity index (χ1v) is 9.06. The maximum absolute atomic E-state index is 2.34. The van der Waals surface area contributed by atoms with Crippen molar-refractivity contribution < 1.29 is 0 Å². The molecule has 0 saturated carbocycles. The van der Waals surface area contributed by atoms with Gasteiger partial charge < -0.3 is 0 Å². The molecule has 0 fully saturated rings. The van der Waals surface area contributed by atoms with Crippen molar-refractivity contribution in [3.05, 3.63) is 102 Å². The van der Waals surface area contributed by atoms with E-state index in [9.17, 15) is 0 Å². The van der Waals surface area contributed by atoms with Gasteiger partial charge in [-0.25, -0.2) is 0 Å². The number of hydrogen-bond donors (Lipinski definition) is 0. The van der Waals surface area contributed by atoms with Gasteiger partial charge in [-0.3, -0.25) is 0 Å². The minimum Gasteiger partial charge on any atom is -0.0877 e. The van der Waals surface area contributed by atoms with Crippen LogP contribution in [-0.2, 0) is 0 Å². The highest BCUT2D eigenvalue weighted by molar-refractivity contribution is 5.88. The van der Waals surface area contributed by atoms with Crippen LogP contribution in [0.15, 0.2) is 90.6 Å². The van der Waals surface area contributed by atoms with Crippen LogP contribution in [-0.4, -0.2) is 0 Å². The van der Waals surface area contributed by atoms with E-state index in [1.165, 1.54) is 33.0 Å². The van der Waals surface area contributed by atoms with Gasteiger partial charge in [0, 0.05) is 5.92 Å². The summed E-state index contributed by atoms with van der Waals surface area (Å²) in [5.41, 5.74) is 5.28. The van der Waals surface area contributed by atoms with Crippen LogP contribution in [0.25, 0.3) is 16.3 Å². The third kappa shape index (κ3) is 4.09. The smallest absolute Gasteiger partial charge is 0.00561 e. The van der Waals surface area contributed by atoms with E-state index in [1.807, 2.05) is 13.0 Å². The van der Waals surface area contributed by atoms with Crippen molar-refractivity contribution in [1.82, 2.24) is 0 Å². The molecule has 1 aliphatic rings. The van der Waals surface area contributed by atoms with Crippen LogP contribution in [0.4, 0.5) is 0 Å². The topological polar surface area (TPSA) is 0 Å². The lowest BCUT2D eigenvalue weighted by molar-refractivity contribution is 0.846. The van der Waals surface area contributed by atoms with Crippen molar-refractivity contribution in [3.8, 4) is 0 Å². The molecule has 0 heteroatoms. The number of fused-ring (bicyclic) bond motifs is 1. The lowest BCUT2D eigenvalue weighted by atomic mass is 9.89. The van der Waals surface area contributed by atoms with E-state index in [0.717, 1.165) is 6.42 Å². The SMILES string of the molecule is C\C=C/C=C\C(=C/C)c1ccc2cc(C3C=CC(C)=CC3)ccc2c1. The van der Waals surface area contributed by atoms with Gasteiger partial charge in [-0.2, -0.15) is 0 Å². The second-order valence-corrected chi connectivity index (χ2v) is 6.60. The minimum absolute atomic E-state index is 0.502. The Hall–Kier alpha value is -2.60. The summed E-state index contributed by atoms with van der Waals surface area (Å²) >= 11 is 0. The molecule has 0 nitrogen and oxygen atoms in total. The summed E-state index contributed by atoms with van der Waals surface area (Å²) in [6, 6.07) is 13.6. The predicted octanol–water partition coefficient (Wildman–Crippen LogP) is 7.37. The van der Waals surface area contributed by atoms with Gasteiger partial charge in [0.2, 0.25) is 0 Å². The summed E-state index contributed by atoms with van der Waals surface area (Å²) in [5, 5.41) is 2.61. The van der Waals surface area contributed by atoms with E-state index >= 15 is 0 Å². The Bertz CT molecular complexity index is 901. The molecule has 0 aliphatic heterocycles. The Morgan fingerprint density at radius 3 is 2.52 bits per heavy atom. The van der Waals surface area contributed by atoms with E-state index in [-0.39, 0.29) is 0 Å². The molecule has 0 heterocycles. The molecular formula is C25H26. The molecule has 2 aromatic carbocycles. The summed E-state index contributed by atoms with van der Waals surface area (Å²) in [4.78, 5) is 0. The quantitative estimate of drug-likeness (QED) is 0.515. The molecule has 0 aromatic heterocycles. The zero-order chi connectivity index (χ0) is 17.6. The van der Waals surface area contributed by atoms with Gasteiger partial charge in [-0.1, -0.05) is 84.5 Å². The predicted molar refractivity (Wildman–Crippen MR) is 112 cm³/mol. The van der Waals surface area contributed by atoms with E-state index in [0.29, 0.717) is 5.92 Å². The Balaban J connectivity index is 1.90. The van der Waals surface area contributed by atoms with Crippen molar-refractivity contribution in [2.75, 3.05) is 0 Å². The van der Waals surface area contributed by atoms with Gasteiger partial charge in [0.1, 0.15) is 0 Å². The highest BCUT2D eigenvalue weighted by Gasteiger charge is 2.10. The molecule has 126 valence electrons. The lowest BCUT2D eigenvalue weighted by Crippen LogP contribution is -1.97. The third-order valence-electron chi connectivity index (χ3n) is 4.80. The van der Waals surface area contributed by atoms with Crippen molar-refractivity contribution in [3.63, 3.8) is 0 Å². The first-order chi connectivity index (χ1) is 12.2. The highest BCUT2D eigenvalue weighted by atomic mass is 14.1. The molecule has 0 bridgehead atoms. The van der Waals surface area contributed by atoms with E-state index < -0.39 is 0 Å². The summed E-state index contributed by atoms with van der Waals surface area (Å²) in [7, 11) is 0. The molecule has 0 saturated heterocycles. The third-order valence-corrected chi connectivity index (χ3v) is 4.80. The average molecular weight is 326 g/mol. The van der Waals surface area contributed by atoms with E-state index in [1.54, 1.807) is 0 Å². The standard InChI is InChI=1S/C25H26/c1-4-6-7-8-20(5-2)22-13-15-25-18-23(14-16-24(25)17-22)21-11-9-19(3)10-12-21/h4-11,13-18,21H,12H2,1-3H3/b6-4-,8-7-,20-5+. The molecule has 1 atom stereocenters. The second kappa shape index (κ2) is 7.98. The van der Waals surface area contributed by atoms with Gasteiger partial charge in [-0.15, -0.1) is 0 Å². The Labute approximate surface area is 151 Å². The van der Waals surface area contributed by atoms with Crippen molar-refractivity contribution in [2.45, 2.75) is 33.1 Å². The molecule has 1 unspecified atom stereocenters. The Morgan fingerprint density at radius 2 is 1.80 bits per heavy atom. The molecule has 1 aliphatic carbocycles.